The second-order valence-corrected chi connectivity index (χ2v) is 5.26. The third-order valence-electron chi connectivity index (χ3n) is 3.42. The molecule has 3 rings (SSSR count). The summed E-state index contributed by atoms with van der Waals surface area (Å²) in [5.74, 6) is 1.39. The minimum atomic E-state index is 0.582. The van der Waals surface area contributed by atoms with Gasteiger partial charge < -0.3 is 10.6 Å². The third-order valence-corrected chi connectivity index (χ3v) is 3.42. The summed E-state index contributed by atoms with van der Waals surface area (Å²) in [7, 11) is 0. The first-order valence-electron chi connectivity index (χ1n) is 7.53. The fourth-order valence-corrected chi connectivity index (χ4v) is 2.30. The van der Waals surface area contributed by atoms with E-state index in [0.717, 1.165) is 22.4 Å². The van der Waals surface area contributed by atoms with Gasteiger partial charge in [-0.15, -0.1) is 6.58 Å². The molecule has 0 aliphatic carbocycles. The van der Waals surface area contributed by atoms with Crippen molar-refractivity contribution in [3.05, 3.63) is 66.5 Å². The minimum Gasteiger partial charge on any atom is -0.366 e. The van der Waals surface area contributed by atoms with E-state index in [2.05, 4.69) is 51.2 Å². The third kappa shape index (κ3) is 3.63. The second kappa shape index (κ2) is 6.87. The smallest absolute Gasteiger partial charge is 0.225 e. The number of hydrogen-bond donors (Lipinski definition) is 2. The number of nitrogens with one attached hydrogen (secondary N) is 2. The fraction of sp³-hybridized carbons (Fsp3) is 0.167. The SMILES string of the molecule is C=CCNc1nc(NCc2ccccn2)nc2ccc(C)cc12. The molecule has 0 aliphatic rings. The van der Waals surface area contributed by atoms with Crippen molar-refractivity contribution in [1.82, 2.24) is 15.0 Å². The molecule has 0 fully saturated rings. The van der Waals surface area contributed by atoms with E-state index < -0.39 is 0 Å². The lowest BCUT2D eigenvalue weighted by molar-refractivity contribution is 1.01. The molecule has 1 aromatic carbocycles. The number of pyridine rings is 1. The van der Waals surface area contributed by atoms with Crippen molar-refractivity contribution >= 4 is 22.7 Å². The highest BCUT2D eigenvalue weighted by Gasteiger charge is 2.07. The Bertz CT molecular complexity index is 814. The van der Waals surface area contributed by atoms with Crippen molar-refractivity contribution in [2.24, 2.45) is 0 Å². The largest absolute Gasteiger partial charge is 0.366 e. The van der Waals surface area contributed by atoms with E-state index in [1.54, 1.807) is 6.20 Å². The lowest BCUT2D eigenvalue weighted by Crippen LogP contribution is -2.08. The molecule has 2 N–H and O–H groups in total. The molecular formula is C18H19N5. The van der Waals surface area contributed by atoms with E-state index in [9.17, 15) is 0 Å². The first-order valence-corrected chi connectivity index (χ1v) is 7.53. The van der Waals surface area contributed by atoms with E-state index in [-0.39, 0.29) is 0 Å². The van der Waals surface area contributed by atoms with Crippen molar-refractivity contribution < 1.29 is 0 Å². The van der Waals surface area contributed by atoms with Crippen molar-refractivity contribution in [3.63, 3.8) is 0 Å². The van der Waals surface area contributed by atoms with Gasteiger partial charge in [0.15, 0.2) is 0 Å². The van der Waals surface area contributed by atoms with Gasteiger partial charge in [0.05, 0.1) is 17.8 Å². The van der Waals surface area contributed by atoms with Crippen molar-refractivity contribution in [3.8, 4) is 0 Å². The molecule has 2 heterocycles. The van der Waals surface area contributed by atoms with Gasteiger partial charge in [-0.05, 0) is 31.2 Å². The number of aryl methyl sites for hydroxylation is 1. The number of nitrogens with zero attached hydrogens (tertiary/aromatic N) is 3. The molecule has 2 aromatic heterocycles. The normalized spacial score (nSPS) is 10.5. The maximum Gasteiger partial charge on any atom is 0.225 e. The van der Waals surface area contributed by atoms with Crippen LogP contribution >= 0.6 is 0 Å². The number of anilines is 2. The van der Waals surface area contributed by atoms with Crippen LogP contribution in [0.1, 0.15) is 11.3 Å². The van der Waals surface area contributed by atoms with Crippen molar-refractivity contribution in [2.75, 3.05) is 17.2 Å². The Morgan fingerprint density at radius 1 is 1.13 bits per heavy atom. The Labute approximate surface area is 135 Å². The first kappa shape index (κ1) is 15.0. The molecular weight excluding hydrogens is 286 g/mol. The van der Waals surface area contributed by atoms with Crippen LogP contribution in [0.3, 0.4) is 0 Å². The molecule has 23 heavy (non-hydrogen) atoms. The monoisotopic (exact) mass is 305 g/mol. The Kier molecular flexibility index (Phi) is 4.47. The van der Waals surface area contributed by atoms with Crippen LogP contribution in [0, 0.1) is 6.92 Å². The molecule has 0 atom stereocenters. The average molecular weight is 305 g/mol. The zero-order valence-electron chi connectivity index (χ0n) is 13.1. The summed E-state index contributed by atoms with van der Waals surface area (Å²) >= 11 is 0. The first-order chi connectivity index (χ1) is 11.3. The molecule has 0 aliphatic heterocycles. The average Bonchev–Trinajstić information content (AvgIpc) is 2.59. The quantitative estimate of drug-likeness (QED) is 0.682. The molecule has 116 valence electrons. The van der Waals surface area contributed by atoms with Crippen LogP contribution in [-0.4, -0.2) is 21.5 Å². The summed E-state index contributed by atoms with van der Waals surface area (Å²) in [5, 5.41) is 7.52. The molecule has 0 radical (unpaired) electrons. The summed E-state index contributed by atoms with van der Waals surface area (Å²) in [6.45, 7) is 7.04. The number of rotatable bonds is 6. The Balaban J connectivity index is 1.91. The van der Waals surface area contributed by atoms with E-state index in [1.807, 2.05) is 30.3 Å². The summed E-state index contributed by atoms with van der Waals surface area (Å²) < 4.78 is 0. The number of hydrogen-bond acceptors (Lipinski definition) is 5. The van der Waals surface area contributed by atoms with E-state index in [4.69, 9.17) is 0 Å². The second-order valence-electron chi connectivity index (χ2n) is 5.26. The zero-order valence-corrected chi connectivity index (χ0v) is 13.1. The highest BCUT2D eigenvalue weighted by atomic mass is 15.1. The van der Waals surface area contributed by atoms with Gasteiger partial charge in [0.1, 0.15) is 5.82 Å². The summed E-state index contributed by atoms with van der Waals surface area (Å²) in [6, 6.07) is 12.0. The van der Waals surface area contributed by atoms with Gasteiger partial charge in [0.25, 0.3) is 0 Å². The molecule has 0 amide bonds. The van der Waals surface area contributed by atoms with Crippen LogP contribution in [0.25, 0.3) is 10.9 Å². The van der Waals surface area contributed by atoms with Gasteiger partial charge in [-0.1, -0.05) is 23.8 Å². The molecule has 0 saturated heterocycles. The van der Waals surface area contributed by atoms with E-state index in [1.165, 1.54) is 5.56 Å². The van der Waals surface area contributed by atoms with Crippen LogP contribution in [0.5, 0.6) is 0 Å². The number of aromatic nitrogens is 3. The number of benzene rings is 1. The summed E-state index contributed by atoms with van der Waals surface area (Å²) in [4.78, 5) is 13.5. The van der Waals surface area contributed by atoms with E-state index >= 15 is 0 Å². The fourth-order valence-electron chi connectivity index (χ4n) is 2.30. The van der Waals surface area contributed by atoms with Crippen molar-refractivity contribution in [2.45, 2.75) is 13.5 Å². The van der Waals surface area contributed by atoms with Crippen LogP contribution < -0.4 is 10.6 Å². The highest BCUT2D eigenvalue weighted by molar-refractivity contribution is 5.90. The van der Waals surface area contributed by atoms with Crippen LogP contribution in [0.2, 0.25) is 0 Å². The van der Waals surface area contributed by atoms with Gasteiger partial charge in [0, 0.05) is 18.1 Å². The summed E-state index contributed by atoms with van der Waals surface area (Å²) in [6.07, 6.45) is 3.59. The molecule has 0 unspecified atom stereocenters. The summed E-state index contributed by atoms with van der Waals surface area (Å²) in [5.41, 5.74) is 3.03. The Hall–Kier alpha value is -2.95. The van der Waals surface area contributed by atoms with Crippen LogP contribution in [-0.2, 0) is 6.54 Å². The minimum absolute atomic E-state index is 0.582. The molecule has 0 saturated carbocycles. The van der Waals surface area contributed by atoms with Gasteiger partial charge in [-0.25, -0.2) is 4.98 Å². The molecule has 0 spiro atoms. The van der Waals surface area contributed by atoms with Gasteiger partial charge in [0.2, 0.25) is 5.95 Å². The highest BCUT2D eigenvalue weighted by Crippen LogP contribution is 2.23. The Morgan fingerprint density at radius 2 is 2.04 bits per heavy atom. The molecule has 0 bridgehead atoms. The maximum absolute atomic E-state index is 4.59. The van der Waals surface area contributed by atoms with Gasteiger partial charge >= 0.3 is 0 Å². The van der Waals surface area contributed by atoms with Crippen molar-refractivity contribution in [1.29, 1.82) is 0 Å². The lowest BCUT2D eigenvalue weighted by Gasteiger charge is -2.11. The lowest BCUT2D eigenvalue weighted by atomic mass is 10.1. The molecule has 5 nitrogen and oxygen atoms in total. The van der Waals surface area contributed by atoms with E-state index in [0.29, 0.717) is 19.0 Å². The van der Waals surface area contributed by atoms with Gasteiger partial charge in [-0.2, -0.15) is 4.98 Å². The number of fused-ring (bicyclic) bond motifs is 1. The standard InChI is InChI=1S/C18H19N5/c1-3-9-20-17-15-11-13(2)7-8-16(15)22-18(23-17)21-12-14-6-4-5-10-19-14/h3-8,10-11H,1,9,12H2,2H3,(H2,20,21,22,23). The zero-order chi connectivity index (χ0) is 16.1. The van der Waals surface area contributed by atoms with Crippen LogP contribution in [0.15, 0.2) is 55.3 Å². The maximum atomic E-state index is 4.59. The van der Waals surface area contributed by atoms with Gasteiger partial charge in [-0.3, -0.25) is 4.98 Å². The Morgan fingerprint density at radius 3 is 2.83 bits per heavy atom. The predicted molar refractivity (Wildman–Crippen MR) is 94.5 cm³/mol. The van der Waals surface area contributed by atoms with Crippen LogP contribution in [0.4, 0.5) is 11.8 Å². The molecule has 3 aromatic rings. The predicted octanol–water partition coefficient (Wildman–Crippen LogP) is 3.54. The molecule has 5 heteroatoms. The topological polar surface area (TPSA) is 62.7 Å².